The first-order valence-corrected chi connectivity index (χ1v) is 8.44. The van der Waals surface area contributed by atoms with Crippen molar-refractivity contribution in [2.45, 2.75) is 19.9 Å². The molecular weight excluding hydrogens is 302 g/mol. The highest BCUT2D eigenvalue weighted by Crippen LogP contribution is 2.15. The molecule has 1 unspecified atom stereocenters. The van der Waals surface area contributed by atoms with Crippen molar-refractivity contribution in [3.05, 3.63) is 47.7 Å². The fourth-order valence-corrected chi connectivity index (χ4v) is 3.02. The number of ether oxygens (including phenoxy) is 1. The molecule has 24 heavy (non-hydrogen) atoms. The Morgan fingerprint density at radius 2 is 2.17 bits per heavy atom. The van der Waals surface area contributed by atoms with Crippen molar-refractivity contribution in [3.63, 3.8) is 0 Å². The number of aryl methyl sites for hydroxylation is 1. The third kappa shape index (κ3) is 4.72. The third-order valence-corrected chi connectivity index (χ3v) is 4.21. The molecule has 1 N–H and O–H groups in total. The molecule has 0 radical (unpaired) electrons. The molecular formula is C18H25N5O. The van der Waals surface area contributed by atoms with Crippen LogP contribution in [-0.4, -0.2) is 53.2 Å². The SMILES string of the molecule is CNc1cnc(CC2COCCN(Cc3cccc(C)n3)C2)cn1. The average molecular weight is 327 g/mol. The average Bonchev–Trinajstić information content (AvgIpc) is 2.80. The van der Waals surface area contributed by atoms with Gasteiger partial charge in [0.05, 0.1) is 37.0 Å². The van der Waals surface area contributed by atoms with E-state index in [9.17, 15) is 0 Å². The summed E-state index contributed by atoms with van der Waals surface area (Å²) >= 11 is 0. The molecule has 1 fully saturated rings. The Bertz CT molecular complexity index is 646. The van der Waals surface area contributed by atoms with E-state index in [4.69, 9.17) is 4.74 Å². The summed E-state index contributed by atoms with van der Waals surface area (Å²) in [6.07, 6.45) is 4.51. The summed E-state index contributed by atoms with van der Waals surface area (Å²) in [5.74, 6) is 1.22. The van der Waals surface area contributed by atoms with E-state index < -0.39 is 0 Å². The van der Waals surface area contributed by atoms with Gasteiger partial charge in [0.2, 0.25) is 0 Å². The number of nitrogens with zero attached hydrogens (tertiary/aromatic N) is 4. The smallest absolute Gasteiger partial charge is 0.144 e. The Morgan fingerprint density at radius 3 is 2.92 bits per heavy atom. The molecule has 1 saturated heterocycles. The van der Waals surface area contributed by atoms with Crippen LogP contribution in [-0.2, 0) is 17.7 Å². The number of nitrogens with one attached hydrogen (secondary N) is 1. The highest BCUT2D eigenvalue weighted by Gasteiger charge is 2.20. The molecule has 2 aromatic rings. The van der Waals surface area contributed by atoms with Crippen LogP contribution in [0.25, 0.3) is 0 Å². The molecule has 1 aliphatic heterocycles. The van der Waals surface area contributed by atoms with Crippen molar-refractivity contribution in [2.24, 2.45) is 5.92 Å². The van der Waals surface area contributed by atoms with E-state index in [1.807, 2.05) is 26.2 Å². The summed E-state index contributed by atoms with van der Waals surface area (Å²) in [4.78, 5) is 15.9. The fraction of sp³-hybridized carbons (Fsp3) is 0.500. The molecule has 1 aliphatic rings. The molecule has 1 atom stereocenters. The first kappa shape index (κ1) is 16.8. The number of anilines is 1. The molecule has 0 bridgehead atoms. The Morgan fingerprint density at radius 1 is 1.25 bits per heavy atom. The zero-order chi connectivity index (χ0) is 16.8. The lowest BCUT2D eigenvalue weighted by Gasteiger charge is -2.23. The van der Waals surface area contributed by atoms with E-state index in [-0.39, 0.29) is 0 Å². The number of hydrogen-bond acceptors (Lipinski definition) is 6. The van der Waals surface area contributed by atoms with Crippen molar-refractivity contribution in [1.29, 1.82) is 0 Å². The van der Waals surface area contributed by atoms with Crippen molar-refractivity contribution in [1.82, 2.24) is 19.9 Å². The van der Waals surface area contributed by atoms with Gasteiger partial charge in [-0.1, -0.05) is 6.07 Å². The van der Waals surface area contributed by atoms with Crippen LogP contribution in [0.4, 0.5) is 5.82 Å². The van der Waals surface area contributed by atoms with Gasteiger partial charge in [0.15, 0.2) is 0 Å². The summed E-state index contributed by atoms with van der Waals surface area (Å²) < 4.78 is 5.79. The second-order valence-electron chi connectivity index (χ2n) is 6.29. The molecule has 6 heteroatoms. The number of hydrogen-bond donors (Lipinski definition) is 1. The predicted octanol–water partition coefficient (Wildman–Crippen LogP) is 1.91. The topological polar surface area (TPSA) is 63.2 Å². The third-order valence-electron chi connectivity index (χ3n) is 4.21. The van der Waals surface area contributed by atoms with Crippen molar-refractivity contribution in [3.8, 4) is 0 Å². The van der Waals surface area contributed by atoms with Crippen LogP contribution >= 0.6 is 0 Å². The molecule has 0 aromatic carbocycles. The van der Waals surface area contributed by atoms with Crippen LogP contribution in [0.15, 0.2) is 30.6 Å². The maximum absolute atomic E-state index is 5.79. The summed E-state index contributed by atoms with van der Waals surface area (Å²) in [5.41, 5.74) is 3.20. The zero-order valence-electron chi connectivity index (χ0n) is 14.4. The minimum absolute atomic E-state index is 0.423. The van der Waals surface area contributed by atoms with E-state index in [1.165, 1.54) is 0 Å². The molecule has 128 valence electrons. The highest BCUT2D eigenvalue weighted by atomic mass is 16.5. The van der Waals surface area contributed by atoms with Crippen molar-refractivity contribution >= 4 is 5.82 Å². The van der Waals surface area contributed by atoms with Crippen LogP contribution in [0.1, 0.15) is 17.1 Å². The Labute approximate surface area is 143 Å². The Kier molecular flexibility index (Phi) is 5.72. The van der Waals surface area contributed by atoms with Gasteiger partial charge in [0.25, 0.3) is 0 Å². The molecule has 0 aliphatic carbocycles. The van der Waals surface area contributed by atoms with E-state index in [0.29, 0.717) is 5.92 Å². The summed E-state index contributed by atoms with van der Waals surface area (Å²) in [6.45, 7) is 6.37. The van der Waals surface area contributed by atoms with Crippen LogP contribution in [0, 0.1) is 12.8 Å². The van der Waals surface area contributed by atoms with Crippen LogP contribution in [0.5, 0.6) is 0 Å². The zero-order valence-corrected chi connectivity index (χ0v) is 14.4. The second-order valence-corrected chi connectivity index (χ2v) is 6.29. The lowest BCUT2D eigenvalue weighted by molar-refractivity contribution is 0.121. The maximum atomic E-state index is 5.79. The molecule has 3 heterocycles. The quantitative estimate of drug-likeness (QED) is 0.905. The Balaban J connectivity index is 1.61. The second kappa shape index (κ2) is 8.17. The van der Waals surface area contributed by atoms with Gasteiger partial charge >= 0.3 is 0 Å². The van der Waals surface area contributed by atoms with Crippen molar-refractivity contribution < 1.29 is 4.74 Å². The van der Waals surface area contributed by atoms with Gasteiger partial charge in [-0.25, -0.2) is 4.98 Å². The predicted molar refractivity (Wildman–Crippen MR) is 93.8 cm³/mol. The maximum Gasteiger partial charge on any atom is 0.144 e. The first-order chi connectivity index (χ1) is 11.7. The van der Waals surface area contributed by atoms with E-state index in [0.717, 1.165) is 62.2 Å². The van der Waals surface area contributed by atoms with E-state index in [1.54, 1.807) is 6.20 Å². The highest BCUT2D eigenvalue weighted by molar-refractivity contribution is 5.29. The molecule has 0 amide bonds. The van der Waals surface area contributed by atoms with E-state index >= 15 is 0 Å². The lowest BCUT2D eigenvalue weighted by Crippen LogP contribution is -2.31. The van der Waals surface area contributed by atoms with Crippen molar-refractivity contribution in [2.75, 3.05) is 38.7 Å². The van der Waals surface area contributed by atoms with E-state index in [2.05, 4.69) is 37.3 Å². The van der Waals surface area contributed by atoms with Crippen LogP contribution in [0.3, 0.4) is 0 Å². The lowest BCUT2D eigenvalue weighted by atomic mass is 10.0. The summed E-state index contributed by atoms with van der Waals surface area (Å²) in [5, 5.41) is 2.99. The van der Waals surface area contributed by atoms with Gasteiger partial charge in [-0.15, -0.1) is 0 Å². The molecule has 0 saturated carbocycles. The van der Waals surface area contributed by atoms with Crippen LogP contribution in [0.2, 0.25) is 0 Å². The molecule has 0 spiro atoms. The number of aromatic nitrogens is 3. The largest absolute Gasteiger partial charge is 0.380 e. The number of pyridine rings is 1. The normalized spacial score (nSPS) is 19.0. The minimum Gasteiger partial charge on any atom is -0.380 e. The van der Waals surface area contributed by atoms with Gasteiger partial charge in [0, 0.05) is 38.3 Å². The van der Waals surface area contributed by atoms with Gasteiger partial charge in [0.1, 0.15) is 5.82 Å². The summed E-state index contributed by atoms with van der Waals surface area (Å²) in [7, 11) is 1.85. The standard InChI is InChI=1S/C18H25N5O/c1-14-4-3-5-16(22-14)12-23-6-7-24-13-15(11-23)8-17-9-21-18(19-2)10-20-17/h3-5,9-10,15H,6-8,11-13H2,1-2H3,(H,19,21). The minimum atomic E-state index is 0.423. The van der Waals surface area contributed by atoms with Gasteiger partial charge in [-0.3, -0.25) is 14.9 Å². The molecule has 3 rings (SSSR count). The summed E-state index contributed by atoms with van der Waals surface area (Å²) in [6, 6.07) is 6.20. The monoisotopic (exact) mass is 327 g/mol. The van der Waals surface area contributed by atoms with Gasteiger partial charge in [-0.2, -0.15) is 0 Å². The number of rotatable bonds is 5. The Hall–Kier alpha value is -2.05. The fourth-order valence-electron chi connectivity index (χ4n) is 3.02. The van der Waals surface area contributed by atoms with Gasteiger partial charge in [-0.05, 0) is 25.5 Å². The molecule has 6 nitrogen and oxygen atoms in total. The molecule has 2 aromatic heterocycles. The van der Waals surface area contributed by atoms with Crippen LogP contribution < -0.4 is 5.32 Å². The van der Waals surface area contributed by atoms with Gasteiger partial charge < -0.3 is 10.1 Å². The first-order valence-electron chi connectivity index (χ1n) is 8.44.